The first-order valence-electron chi connectivity index (χ1n) is 18.0. The Hall–Kier alpha value is -6.43. The zero-order valence-corrected chi connectivity index (χ0v) is 29.7. The highest BCUT2D eigenvalue weighted by Crippen LogP contribution is 2.37. The molecule has 0 fully saturated rings. The van der Waals surface area contributed by atoms with Crippen LogP contribution < -0.4 is 0 Å². The molecule has 53 heavy (non-hydrogen) atoms. The Morgan fingerprint density at radius 1 is 0.453 bits per heavy atom. The normalized spacial score (nSPS) is 11.6. The lowest BCUT2D eigenvalue weighted by molar-refractivity contribution is 0.668. The van der Waals surface area contributed by atoms with Crippen molar-refractivity contribution in [3.05, 3.63) is 186 Å². The van der Waals surface area contributed by atoms with E-state index in [4.69, 9.17) is 19.4 Å². The minimum Gasteiger partial charge on any atom is -0.456 e. The molecular weight excluding hydrogens is 667 g/mol. The maximum absolute atomic E-state index is 6.28. The van der Waals surface area contributed by atoms with Crippen molar-refractivity contribution in [3.8, 4) is 34.2 Å². The van der Waals surface area contributed by atoms with E-state index in [9.17, 15) is 0 Å². The lowest BCUT2D eigenvalue weighted by atomic mass is 9.90. The molecule has 0 saturated carbocycles. The Morgan fingerprint density at radius 2 is 1.08 bits per heavy atom. The maximum Gasteiger partial charge on any atom is 0.164 e. The number of fused-ring (bicyclic) bond motifs is 6. The van der Waals surface area contributed by atoms with Gasteiger partial charge < -0.3 is 4.42 Å². The van der Waals surface area contributed by atoms with E-state index in [1.54, 1.807) is 0 Å². The van der Waals surface area contributed by atoms with Gasteiger partial charge in [0.1, 0.15) is 11.2 Å². The highest BCUT2D eigenvalue weighted by molar-refractivity contribution is 7.25. The quantitative estimate of drug-likeness (QED) is 0.158. The van der Waals surface area contributed by atoms with Crippen molar-refractivity contribution in [1.82, 2.24) is 15.0 Å². The van der Waals surface area contributed by atoms with Crippen molar-refractivity contribution >= 4 is 53.4 Å². The van der Waals surface area contributed by atoms with Crippen molar-refractivity contribution < 1.29 is 4.42 Å². The van der Waals surface area contributed by atoms with Gasteiger partial charge in [-0.3, -0.25) is 0 Å². The summed E-state index contributed by atoms with van der Waals surface area (Å²) in [6.07, 6.45) is 2.44. The van der Waals surface area contributed by atoms with E-state index in [1.807, 2.05) is 53.8 Å². The van der Waals surface area contributed by atoms with Crippen LogP contribution in [0.3, 0.4) is 0 Å². The fourth-order valence-electron chi connectivity index (χ4n) is 7.65. The summed E-state index contributed by atoms with van der Waals surface area (Å²) >= 11 is 1.86. The molecule has 0 aliphatic rings. The van der Waals surface area contributed by atoms with Crippen LogP contribution in [0.25, 0.3) is 76.3 Å². The molecule has 0 radical (unpaired) electrons. The van der Waals surface area contributed by atoms with Crippen LogP contribution in [0, 0.1) is 0 Å². The van der Waals surface area contributed by atoms with Crippen molar-refractivity contribution in [2.45, 2.75) is 19.3 Å². The molecule has 3 heterocycles. The second-order valence-electron chi connectivity index (χ2n) is 13.5. The number of hydrogen-bond acceptors (Lipinski definition) is 5. The number of aromatic nitrogens is 3. The zero-order chi connectivity index (χ0) is 35.1. The van der Waals surface area contributed by atoms with Gasteiger partial charge in [0.05, 0.1) is 0 Å². The van der Waals surface area contributed by atoms with E-state index in [2.05, 4.69) is 121 Å². The monoisotopic (exact) mass is 699 g/mol. The fraction of sp³-hybridized carbons (Fsp3) is 0.0625. The fourth-order valence-corrected chi connectivity index (χ4v) is 8.74. The van der Waals surface area contributed by atoms with Gasteiger partial charge in [-0.05, 0) is 71.8 Å². The summed E-state index contributed by atoms with van der Waals surface area (Å²) in [6, 6.07) is 57.4. The molecule has 10 rings (SSSR count). The van der Waals surface area contributed by atoms with E-state index in [-0.39, 0.29) is 0 Å². The topological polar surface area (TPSA) is 51.8 Å². The smallest absolute Gasteiger partial charge is 0.164 e. The Bertz CT molecular complexity index is 2870. The third kappa shape index (κ3) is 5.85. The highest BCUT2D eigenvalue weighted by Gasteiger charge is 2.19. The summed E-state index contributed by atoms with van der Waals surface area (Å²) in [4.78, 5) is 15.3. The largest absolute Gasteiger partial charge is 0.456 e. The predicted octanol–water partition coefficient (Wildman–Crippen LogP) is 12.5. The van der Waals surface area contributed by atoms with E-state index >= 15 is 0 Å². The predicted molar refractivity (Wildman–Crippen MR) is 219 cm³/mol. The van der Waals surface area contributed by atoms with Crippen LogP contribution in [0.4, 0.5) is 0 Å². The average Bonchev–Trinajstić information content (AvgIpc) is 3.79. The molecule has 0 aliphatic carbocycles. The van der Waals surface area contributed by atoms with Gasteiger partial charge in [-0.1, -0.05) is 133 Å². The van der Waals surface area contributed by atoms with Gasteiger partial charge in [-0.2, -0.15) is 0 Å². The van der Waals surface area contributed by atoms with Crippen LogP contribution in [0.2, 0.25) is 0 Å². The van der Waals surface area contributed by atoms with Gasteiger partial charge >= 0.3 is 0 Å². The molecule has 7 aromatic carbocycles. The Kier molecular flexibility index (Phi) is 7.85. The van der Waals surface area contributed by atoms with Crippen LogP contribution in [0.5, 0.6) is 0 Å². The van der Waals surface area contributed by atoms with Gasteiger partial charge in [0.2, 0.25) is 0 Å². The number of benzene rings is 7. The third-order valence-corrected chi connectivity index (χ3v) is 11.3. The summed E-state index contributed by atoms with van der Waals surface area (Å²) < 4.78 is 8.92. The molecule has 5 heteroatoms. The number of para-hydroxylation sites is 1. The number of aryl methyl sites for hydroxylation is 1. The summed E-state index contributed by atoms with van der Waals surface area (Å²) in [5, 5.41) is 4.97. The van der Waals surface area contributed by atoms with Crippen molar-refractivity contribution in [2.75, 3.05) is 0 Å². The van der Waals surface area contributed by atoms with Crippen molar-refractivity contribution in [3.63, 3.8) is 0 Å². The van der Waals surface area contributed by atoms with Gasteiger partial charge in [0.25, 0.3) is 0 Å². The average molecular weight is 700 g/mol. The molecule has 0 unspecified atom stereocenters. The molecule has 0 saturated heterocycles. The van der Waals surface area contributed by atoms with Gasteiger partial charge in [0, 0.05) is 47.6 Å². The maximum atomic E-state index is 6.28. The second-order valence-corrected chi connectivity index (χ2v) is 14.6. The molecule has 0 spiro atoms. The minimum atomic E-state index is 0.662. The molecule has 0 atom stereocenters. The summed E-state index contributed by atoms with van der Waals surface area (Å²) in [6.45, 7) is 0. The summed E-state index contributed by atoms with van der Waals surface area (Å²) in [5.41, 5.74) is 9.86. The van der Waals surface area contributed by atoms with E-state index in [0.29, 0.717) is 17.5 Å². The van der Waals surface area contributed by atoms with Gasteiger partial charge in [-0.25, -0.2) is 15.0 Å². The second kappa shape index (κ2) is 13.3. The third-order valence-electron chi connectivity index (χ3n) is 10.2. The molecular formula is C48H33N3OS. The molecule has 252 valence electrons. The first-order chi connectivity index (χ1) is 26.2. The zero-order valence-electron chi connectivity index (χ0n) is 28.9. The number of furan rings is 1. The molecule has 10 aromatic rings. The Balaban J connectivity index is 1.13. The standard InChI is InChI=1S/C48H33N3OS/c1-3-13-33(14-4-1)46-49-47(34-15-5-2-6-16-34)51-48(50-46)38-21-11-18-35(29-31-25-28-44-40(30-31)37-19-8-10-24-43(37)53-44)36(38)27-26-32-17-12-23-42-45(32)39-20-7-9-22-41(39)52-42/h1-25,28,30H,26-27,29H2. The van der Waals surface area contributed by atoms with Gasteiger partial charge in [-0.15, -0.1) is 11.3 Å². The number of nitrogens with zero attached hydrogens (tertiary/aromatic N) is 3. The lowest BCUT2D eigenvalue weighted by Gasteiger charge is -2.16. The molecule has 3 aromatic heterocycles. The molecule has 4 nitrogen and oxygen atoms in total. The lowest BCUT2D eigenvalue weighted by Crippen LogP contribution is -2.05. The Labute approximate surface area is 311 Å². The SMILES string of the molecule is c1ccc(-c2nc(-c3ccccc3)nc(-c3cccc(Cc4ccc5sc6ccccc6c5c4)c3CCc3cccc4oc5ccccc5c34)n2)cc1. The van der Waals surface area contributed by atoms with Crippen LogP contribution in [0.1, 0.15) is 22.3 Å². The van der Waals surface area contributed by atoms with E-state index in [0.717, 1.165) is 52.5 Å². The van der Waals surface area contributed by atoms with Crippen LogP contribution in [-0.2, 0) is 19.3 Å². The first-order valence-corrected chi connectivity index (χ1v) is 18.8. The van der Waals surface area contributed by atoms with Crippen molar-refractivity contribution in [2.24, 2.45) is 0 Å². The summed E-state index contributed by atoms with van der Waals surface area (Å²) in [7, 11) is 0. The molecule has 0 N–H and O–H groups in total. The van der Waals surface area contributed by atoms with E-state index < -0.39 is 0 Å². The van der Waals surface area contributed by atoms with Crippen LogP contribution in [0.15, 0.2) is 168 Å². The number of rotatable bonds is 8. The molecule has 0 bridgehead atoms. The first kappa shape index (κ1) is 31.3. The number of thiophene rings is 1. The van der Waals surface area contributed by atoms with Crippen molar-refractivity contribution in [1.29, 1.82) is 0 Å². The number of hydrogen-bond donors (Lipinski definition) is 0. The summed E-state index contributed by atoms with van der Waals surface area (Å²) in [5.74, 6) is 2.01. The molecule has 0 aliphatic heterocycles. The minimum absolute atomic E-state index is 0.662. The van der Waals surface area contributed by atoms with E-state index in [1.165, 1.54) is 47.8 Å². The Morgan fingerprint density at radius 3 is 1.87 bits per heavy atom. The van der Waals surface area contributed by atoms with Gasteiger partial charge in [0.15, 0.2) is 17.5 Å². The van der Waals surface area contributed by atoms with Crippen LogP contribution in [-0.4, -0.2) is 15.0 Å². The van der Waals surface area contributed by atoms with Crippen LogP contribution >= 0.6 is 11.3 Å². The highest BCUT2D eigenvalue weighted by atomic mass is 32.1. The molecule has 0 amide bonds.